The maximum absolute atomic E-state index is 11.9. The number of ketones is 1. The Labute approximate surface area is 91.1 Å². The zero-order chi connectivity index (χ0) is 11.3. The molecule has 0 unspecified atom stereocenters. The highest BCUT2D eigenvalue weighted by Crippen LogP contribution is 2.08. The van der Waals surface area contributed by atoms with Crippen molar-refractivity contribution < 1.29 is 4.79 Å². The van der Waals surface area contributed by atoms with Crippen molar-refractivity contribution in [2.45, 2.75) is 20.8 Å². The molecule has 1 rings (SSSR count). The van der Waals surface area contributed by atoms with Gasteiger partial charge in [0, 0.05) is 5.56 Å². The Bertz CT molecular complexity index is 393. The first-order chi connectivity index (χ1) is 7.11. The molecule has 1 nitrogen and oxygen atoms in total. The standard InChI is InChI=1S/C14H16O/c1-11(2)9-10-12(3)14(15)13-7-5-4-6-8-13/h4-10H,1-3H3/b12-10+. The summed E-state index contributed by atoms with van der Waals surface area (Å²) in [5.74, 6) is 0.0908. The van der Waals surface area contributed by atoms with Crippen LogP contribution in [0.3, 0.4) is 0 Å². The molecule has 0 atom stereocenters. The molecule has 0 spiro atoms. The van der Waals surface area contributed by atoms with E-state index in [2.05, 4.69) is 0 Å². The van der Waals surface area contributed by atoms with Crippen molar-refractivity contribution in [1.82, 2.24) is 0 Å². The van der Waals surface area contributed by atoms with Gasteiger partial charge in [-0.2, -0.15) is 0 Å². The van der Waals surface area contributed by atoms with Crippen molar-refractivity contribution in [2.75, 3.05) is 0 Å². The van der Waals surface area contributed by atoms with Gasteiger partial charge in [-0.25, -0.2) is 0 Å². The highest BCUT2D eigenvalue weighted by molar-refractivity contribution is 6.08. The van der Waals surface area contributed by atoms with Gasteiger partial charge in [-0.15, -0.1) is 0 Å². The first kappa shape index (κ1) is 11.4. The molecule has 0 N–H and O–H groups in total. The molecule has 0 amide bonds. The number of benzene rings is 1. The molecule has 0 bridgehead atoms. The van der Waals surface area contributed by atoms with E-state index in [9.17, 15) is 4.79 Å². The van der Waals surface area contributed by atoms with E-state index in [1.165, 1.54) is 5.57 Å². The third kappa shape index (κ3) is 3.55. The van der Waals surface area contributed by atoms with Crippen LogP contribution in [0, 0.1) is 0 Å². The second kappa shape index (κ2) is 5.30. The number of rotatable bonds is 3. The summed E-state index contributed by atoms with van der Waals surface area (Å²) in [6.07, 6.45) is 3.82. The van der Waals surface area contributed by atoms with Gasteiger partial charge in [0.25, 0.3) is 0 Å². The average molecular weight is 200 g/mol. The summed E-state index contributed by atoms with van der Waals surface area (Å²) >= 11 is 0. The van der Waals surface area contributed by atoms with Crippen molar-refractivity contribution in [1.29, 1.82) is 0 Å². The molecule has 0 heterocycles. The summed E-state index contributed by atoms with van der Waals surface area (Å²) in [5, 5.41) is 0. The monoisotopic (exact) mass is 200 g/mol. The Kier molecular flexibility index (Phi) is 4.04. The Balaban J connectivity index is 2.87. The third-order valence-electron chi connectivity index (χ3n) is 2.06. The summed E-state index contributed by atoms with van der Waals surface area (Å²) in [5.41, 5.74) is 2.70. The zero-order valence-electron chi connectivity index (χ0n) is 9.45. The predicted octanol–water partition coefficient (Wildman–Crippen LogP) is 3.78. The van der Waals surface area contributed by atoms with Crippen molar-refractivity contribution in [3.63, 3.8) is 0 Å². The average Bonchev–Trinajstić information content (AvgIpc) is 2.26. The van der Waals surface area contributed by atoms with Gasteiger partial charge in [-0.1, -0.05) is 48.1 Å². The number of allylic oxidation sites excluding steroid dienone is 4. The van der Waals surface area contributed by atoms with E-state index in [1.807, 2.05) is 63.3 Å². The molecule has 0 aromatic heterocycles. The molecule has 1 heteroatoms. The predicted molar refractivity (Wildman–Crippen MR) is 64.0 cm³/mol. The van der Waals surface area contributed by atoms with Crippen LogP contribution >= 0.6 is 0 Å². The Morgan fingerprint density at radius 3 is 2.13 bits per heavy atom. The van der Waals surface area contributed by atoms with E-state index < -0.39 is 0 Å². The minimum absolute atomic E-state index is 0.0908. The van der Waals surface area contributed by atoms with Crippen molar-refractivity contribution >= 4 is 5.78 Å². The number of hydrogen-bond acceptors (Lipinski definition) is 1. The maximum atomic E-state index is 11.9. The Morgan fingerprint density at radius 1 is 1.00 bits per heavy atom. The fraction of sp³-hybridized carbons (Fsp3) is 0.214. The van der Waals surface area contributed by atoms with Crippen LogP contribution in [-0.2, 0) is 0 Å². The van der Waals surface area contributed by atoms with Gasteiger partial charge < -0.3 is 0 Å². The first-order valence-corrected chi connectivity index (χ1v) is 5.03. The highest BCUT2D eigenvalue weighted by Gasteiger charge is 2.05. The van der Waals surface area contributed by atoms with E-state index in [0.717, 1.165) is 11.1 Å². The number of hydrogen-bond donors (Lipinski definition) is 0. The van der Waals surface area contributed by atoms with E-state index in [0.29, 0.717) is 0 Å². The molecule has 0 saturated carbocycles. The van der Waals surface area contributed by atoms with Crippen molar-refractivity contribution in [2.24, 2.45) is 0 Å². The van der Waals surface area contributed by atoms with Gasteiger partial charge in [0.1, 0.15) is 0 Å². The zero-order valence-corrected chi connectivity index (χ0v) is 9.45. The number of carbonyl (C=O) groups excluding carboxylic acids is 1. The smallest absolute Gasteiger partial charge is 0.188 e. The molecule has 0 saturated heterocycles. The lowest BCUT2D eigenvalue weighted by Crippen LogP contribution is -1.99. The molecule has 1 aromatic rings. The lowest BCUT2D eigenvalue weighted by atomic mass is 10.0. The minimum Gasteiger partial charge on any atom is -0.289 e. The van der Waals surface area contributed by atoms with Crippen LogP contribution in [0.2, 0.25) is 0 Å². The van der Waals surface area contributed by atoms with Gasteiger partial charge in [0.05, 0.1) is 0 Å². The van der Waals surface area contributed by atoms with Crippen LogP contribution in [0.15, 0.2) is 53.6 Å². The van der Waals surface area contributed by atoms with Gasteiger partial charge in [0.2, 0.25) is 0 Å². The second-order valence-electron chi connectivity index (χ2n) is 3.79. The van der Waals surface area contributed by atoms with Gasteiger partial charge in [0.15, 0.2) is 5.78 Å². The normalized spacial score (nSPS) is 11.0. The first-order valence-electron chi connectivity index (χ1n) is 5.03. The lowest BCUT2D eigenvalue weighted by molar-refractivity contribution is 0.103. The van der Waals surface area contributed by atoms with Crippen molar-refractivity contribution in [3.8, 4) is 0 Å². The van der Waals surface area contributed by atoms with E-state index in [1.54, 1.807) is 0 Å². The molecule has 1 aromatic carbocycles. The van der Waals surface area contributed by atoms with Crippen molar-refractivity contribution in [3.05, 3.63) is 59.2 Å². The largest absolute Gasteiger partial charge is 0.289 e. The van der Waals surface area contributed by atoms with Gasteiger partial charge in [-0.05, 0) is 26.3 Å². The summed E-state index contributed by atoms with van der Waals surface area (Å²) in [4.78, 5) is 11.9. The van der Waals surface area contributed by atoms with Crippen LogP contribution in [0.4, 0.5) is 0 Å². The van der Waals surface area contributed by atoms with Crippen LogP contribution in [0.1, 0.15) is 31.1 Å². The minimum atomic E-state index is 0.0908. The molecule has 0 aliphatic heterocycles. The molecule has 0 fully saturated rings. The fourth-order valence-corrected chi connectivity index (χ4v) is 1.18. The van der Waals surface area contributed by atoms with Gasteiger partial charge in [-0.3, -0.25) is 4.79 Å². The molecular formula is C14H16O. The van der Waals surface area contributed by atoms with Crippen LogP contribution in [0.5, 0.6) is 0 Å². The highest BCUT2D eigenvalue weighted by atomic mass is 16.1. The summed E-state index contributed by atoms with van der Waals surface area (Å²) in [6.45, 7) is 5.86. The Morgan fingerprint density at radius 2 is 1.60 bits per heavy atom. The van der Waals surface area contributed by atoms with E-state index in [-0.39, 0.29) is 5.78 Å². The molecule has 78 valence electrons. The van der Waals surface area contributed by atoms with Gasteiger partial charge >= 0.3 is 0 Å². The molecule has 0 radical (unpaired) electrons. The van der Waals surface area contributed by atoms with Crippen LogP contribution in [0.25, 0.3) is 0 Å². The molecule has 0 aliphatic rings. The second-order valence-corrected chi connectivity index (χ2v) is 3.79. The molecule has 0 aliphatic carbocycles. The topological polar surface area (TPSA) is 17.1 Å². The van der Waals surface area contributed by atoms with E-state index >= 15 is 0 Å². The number of carbonyl (C=O) groups is 1. The summed E-state index contributed by atoms with van der Waals surface area (Å²) < 4.78 is 0. The maximum Gasteiger partial charge on any atom is 0.188 e. The molecule has 15 heavy (non-hydrogen) atoms. The SMILES string of the molecule is CC(C)=C/C=C(\C)C(=O)c1ccccc1. The number of Topliss-reactive ketones (excluding diaryl/α,β-unsaturated/α-hetero) is 1. The van der Waals surface area contributed by atoms with E-state index in [4.69, 9.17) is 0 Å². The third-order valence-corrected chi connectivity index (χ3v) is 2.06. The summed E-state index contributed by atoms with van der Waals surface area (Å²) in [6, 6.07) is 9.33. The van der Waals surface area contributed by atoms with Crippen LogP contribution in [-0.4, -0.2) is 5.78 Å². The molecular weight excluding hydrogens is 184 g/mol. The quantitative estimate of drug-likeness (QED) is 0.412. The fourth-order valence-electron chi connectivity index (χ4n) is 1.18. The van der Waals surface area contributed by atoms with Crippen LogP contribution < -0.4 is 0 Å². The summed E-state index contributed by atoms with van der Waals surface area (Å²) in [7, 11) is 0. The lowest BCUT2D eigenvalue weighted by Gasteiger charge is -1.99. The Hall–Kier alpha value is -1.63.